The summed E-state index contributed by atoms with van der Waals surface area (Å²) < 4.78 is 7.11. The molecule has 1 saturated carbocycles. The Morgan fingerprint density at radius 1 is 1.10 bits per heavy atom. The molecule has 3 N–H and O–H groups in total. The molecule has 0 unspecified atom stereocenters. The van der Waals surface area contributed by atoms with Crippen LogP contribution in [0.3, 0.4) is 0 Å². The third kappa shape index (κ3) is 5.96. The highest BCUT2D eigenvalue weighted by molar-refractivity contribution is 6.02. The van der Waals surface area contributed by atoms with E-state index >= 15 is 0 Å². The molecule has 1 aliphatic rings. The quantitative estimate of drug-likeness (QED) is 0.117. The Hall–Kier alpha value is -4.60. The van der Waals surface area contributed by atoms with E-state index in [1.165, 1.54) is 0 Å². The highest BCUT2D eigenvalue weighted by Gasteiger charge is 2.29. The van der Waals surface area contributed by atoms with Crippen molar-refractivity contribution >= 4 is 5.84 Å². The molecule has 0 radical (unpaired) electrons. The van der Waals surface area contributed by atoms with Crippen LogP contribution in [-0.2, 0) is 12.8 Å². The molecule has 0 spiro atoms. The Kier molecular flexibility index (Phi) is 8.67. The predicted molar refractivity (Wildman–Crippen MR) is 157 cm³/mol. The molecule has 212 valence electrons. The molecule has 3 aromatic heterocycles. The molecular formula is C31H35N7O3. The van der Waals surface area contributed by atoms with Crippen LogP contribution in [-0.4, -0.2) is 42.2 Å². The van der Waals surface area contributed by atoms with Crippen molar-refractivity contribution in [3.63, 3.8) is 0 Å². The maximum Gasteiger partial charge on any atom is 0.264 e. The van der Waals surface area contributed by atoms with Gasteiger partial charge in [0.1, 0.15) is 5.82 Å². The SMILES string of the molecule is CCCCc1nc(C2CCC2)n(-c2ncc(OCC)cn2)c(=O)c1Cc1ccc(-c2ccccc2C(N)=NO)nc1. The summed E-state index contributed by atoms with van der Waals surface area (Å²) in [7, 11) is 0. The van der Waals surface area contributed by atoms with Crippen molar-refractivity contribution in [1.29, 1.82) is 0 Å². The molecule has 1 fully saturated rings. The van der Waals surface area contributed by atoms with Crippen LogP contribution in [0, 0.1) is 0 Å². The summed E-state index contributed by atoms with van der Waals surface area (Å²) in [4.78, 5) is 32.9. The van der Waals surface area contributed by atoms with Crippen molar-refractivity contribution in [3.8, 4) is 23.0 Å². The Morgan fingerprint density at radius 3 is 2.51 bits per heavy atom. The van der Waals surface area contributed by atoms with E-state index in [0.717, 1.165) is 61.2 Å². The van der Waals surface area contributed by atoms with Crippen LogP contribution < -0.4 is 16.0 Å². The molecule has 10 heteroatoms. The molecule has 0 bridgehead atoms. The summed E-state index contributed by atoms with van der Waals surface area (Å²) in [5.74, 6) is 1.84. The fourth-order valence-electron chi connectivity index (χ4n) is 5.02. The van der Waals surface area contributed by atoms with Crippen LogP contribution in [0.25, 0.3) is 17.2 Å². The number of amidine groups is 1. The lowest BCUT2D eigenvalue weighted by Gasteiger charge is -2.28. The zero-order valence-electron chi connectivity index (χ0n) is 23.5. The van der Waals surface area contributed by atoms with E-state index in [4.69, 9.17) is 15.5 Å². The Balaban J connectivity index is 1.55. The summed E-state index contributed by atoms with van der Waals surface area (Å²) in [6.45, 7) is 4.54. The number of unbranched alkanes of at least 4 members (excludes halogenated alkanes) is 1. The molecule has 1 aromatic carbocycles. The molecule has 1 aliphatic carbocycles. The van der Waals surface area contributed by atoms with Crippen LogP contribution >= 0.6 is 0 Å². The van der Waals surface area contributed by atoms with Gasteiger partial charge in [-0.2, -0.15) is 0 Å². The van der Waals surface area contributed by atoms with Gasteiger partial charge in [-0.15, -0.1) is 0 Å². The number of aromatic nitrogens is 5. The summed E-state index contributed by atoms with van der Waals surface area (Å²) in [6, 6.07) is 11.2. The number of pyridine rings is 1. The second-order valence-corrected chi connectivity index (χ2v) is 10.2. The van der Waals surface area contributed by atoms with Gasteiger partial charge in [0.2, 0.25) is 5.95 Å². The molecule has 0 aliphatic heterocycles. The Labute approximate surface area is 239 Å². The number of oxime groups is 1. The number of hydrogen-bond acceptors (Lipinski definition) is 8. The standard InChI is InChI=1S/C31H35N7O3/c1-3-5-13-27-25(16-20-14-15-26(33-17-20)23-11-6-7-12-24(23)28(32)37-40)30(39)38(29(36-27)21-9-8-10-21)31-34-18-22(19-35-31)41-4-2/h6-7,11-12,14-15,17-19,21,40H,3-5,8-10,13,16H2,1-2H3,(H2,32,37). The maximum absolute atomic E-state index is 14.2. The van der Waals surface area contributed by atoms with E-state index in [1.807, 2.05) is 37.3 Å². The van der Waals surface area contributed by atoms with E-state index < -0.39 is 0 Å². The molecule has 3 heterocycles. The zero-order chi connectivity index (χ0) is 28.8. The first-order valence-electron chi connectivity index (χ1n) is 14.2. The second-order valence-electron chi connectivity index (χ2n) is 10.2. The first-order chi connectivity index (χ1) is 20.0. The highest BCUT2D eigenvalue weighted by atomic mass is 16.5. The van der Waals surface area contributed by atoms with E-state index in [9.17, 15) is 10.0 Å². The van der Waals surface area contributed by atoms with Gasteiger partial charge in [-0.1, -0.05) is 55.3 Å². The molecule has 4 aromatic rings. The van der Waals surface area contributed by atoms with E-state index in [-0.39, 0.29) is 17.3 Å². The summed E-state index contributed by atoms with van der Waals surface area (Å²) in [5, 5.41) is 12.3. The molecule has 0 saturated heterocycles. The number of nitrogens with zero attached hydrogens (tertiary/aromatic N) is 6. The molecule has 5 rings (SSSR count). The number of aryl methyl sites for hydroxylation is 1. The van der Waals surface area contributed by atoms with Gasteiger partial charge in [-0.05, 0) is 44.2 Å². The maximum atomic E-state index is 14.2. The first-order valence-corrected chi connectivity index (χ1v) is 14.2. The lowest BCUT2D eigenvalue weighted by Crippen LogP contribution is -2.33. The number of benzene rings is 1. The van der Waals surface area contributed by atoms with Crippen LogP contribution in [0.4, 0.5) is 0 Å². The van der Waals surface area contributed by atoms with Crippen LogP contribution in [0.2, 0.25) is 0 Å². The van der Waals surface area contributed by atoms with Gasteiger partial charge >= 0.3 is 0 Å². The third-order valence-corrected chi connectivity index (χ3v) is 7.44. The summed E-state index contributed by atoms with van der Waals surface area (Å²) in [5.41, 5.74) is 10.1. The smallest absolute Gasteiger partial charge is 0.264 e. The summed E-state index contributed by atoms with van der Waals surface area (Å²) in [6.07, 6.45) is 11.1. The van der Waals surface area contributed by atoms with Crippen molar-refractivity contribution in [2.75, 3.05) is 6.61 Å². The van der Waals surface area contributed by atoms with E-state index in [2.05, 4.69) is 27.0 Å². The third-order valence-electron chi connectivity index (χ3n) is 7.44. The van der Waals surface area contributed by atoms with Crippen molar-refractivity contribution in [1.82, 2.24) is 24.5 Å². The molecule has 41 heavy (non-hydrogen) atoms. The van der Waals surface area contributed by atoms with Crippen LogP contribution in [0.15, 0.2) is 64.9 Å². The van der Waals surface area contributed by atoms with E-state index in [0.29, 0.717) is 41.5 Å². The zero-order valence-corrected chi connectivity index (χ0v) is 23.5. The van der Waals surface area contributed by atoms with Gasteiger partial charge in [0.25, 0.3) is 5.56 Å². The van der Waals surface area contributed by atoms with Gasteiger partial charge < -0.3 is 15.7 Å². The van der Waals surface area contributed by atoms with Crippen molar-refractivity contribution in [2.45, 2.75) is 64.7 Å². The van der Waals surface area contributed by atoms with E-state index in [1.54, 1.807) is 29.2 Å². The average molecular weight is 554 g/mol. The fourth-order valence-corrected chi connectivity index (χ4v) is 5.02. The van der Waals surface area contributed by atoms with Crippen LogP contribution in [0.5, 0.6) is 5.75 Å². The van der Waals surface area contributed by atoms with Crippen molar-refractivity contribution in [3.05, 3.63) is 93.6 Å². The number of ether oxygens (including phenoxy) is 1. The first kappa shape index (κ1) is 27.9. The minimum Gasteiger partial charge on any atom is -0.491 e. The van der Waals surface area contributed by atoms with Crippen molar-refractivity contribution < 1.29 is 9.94 Å². The lowest BCUT2D eigenvalue weighted by atomic mass is 9.84. The topological polar surface area (TPSA) is 141 Å². The van der Waals surface area contributed by atoms with Gasteiger partial charge in [0.15, 0.2) is 11.6 Å². The van der Waals surface area contributed by atoms with Gasteiger partial charge in [-0.3, -0.25) is 9.78 Å². The molecular weight excluding hydrogens is 518 g/mol. The van der Waals surface area contributed by atoms with Gasteiger partial charge in [0.05, 0.1) is 30.4 Å². The minimum absolute atomic E-state index is 0.0155. The van der Waals surface area contributed by atoms with Gasteiger partial charge in [0, 0.05) is 35.2 Å². The Morgan fingerprint density at radius 2 is 1.88 bits per heavy atom. The molecule has 0 amide bonds. The monoisotopic (exact) mass is 553 g/mol. The predicted octanol–water partition coefficient (Wildman–Crippen LogP) is 4.78. The number of nitrogens with two attached hydrogens (primary N) is 1. The summed E-state index contributed by atoms with van der Waals surface area (Å²) >= 11 is 0. The Bertz CT molecular complexity index is 1580. The second kappa shape index (κ2) is 12.7. The van der Waals surface area contributed by atoms with Crippen LogP contribution in [0.1, 0.15) is 80.1 Å². The van der Waals surface area contributed by atoms with Gasteiger partial charge in [-0.25, -0.2) is 19.5 Å². The average Bonchev–Trinajstić information content (AvgIpc) is 2.97. The largest absolute Gasteiger partial charge is 0.491 e. The number of hydrogen-bond donors (Lipinski definition) is 2. The lowest BCUT2D eigenvalue weighted by molar-refractivity contribution is 0.318. The molecule has 0 atom stereocenters. The normalized spacial score (nSPS) is 13.7. The highest BCUT2D eigenvalue weighted by Crippen LogP contribution is 2.36. The molecule has 10 nitrogen and oxygen atoms in total. The fraction of sp³-hybridized carbons (Fsp3) is 0.355. The van der Waals surface area contributed by atoms with Crippen molar-refractivity contribution in [2.24, 2.45) is 10.9 Å². The minimum atomic E-state index is -0.140. The number of rotatable bonds is 11.